The van der Waals surface area contributed by atoms with Gasteiger partial charge in [-0.2, -0.15) is 0 Å². The molecular weight excluding hydrogens is 226 g/mol. The molecule has 0 aliphatic rings. The lowest BCUT2D eigenvalue weighted by molar-refractivity contribution is 0.0673. The largest absolute Gasteiger partial charge is 0.384 e. The minimum atomic E-state index is -0.988. The fourth-order valence-corrected chi connectivity index (χ4v) is 1.58. The summed E-state index contributed by atoms with van der Waals surface area (Å²) in [5, 5.41) is 13.3. The second kappa shape index (κ2) is 7.01. The molecule has 1 aromatic carbocycles. The molecule has 100 valence electrons. The molecular formula is C14H23N3O. The molecule has 1 rings (SSSR count). The van der Waals surface area contributed by atoms with Crippen molar-refractivity contribution in [1.82, 2.24) is 5.32 Å². The van der Waals surface area contributed by atoms with Crippen LogP contribution in [0.5, 0.6) is 0 Å². The van der Waals surface area contributed by atoms with E-state index >= 15 is 0 Å². The topological polar surface area (TPSA) is 70.6 Å². The molecule has 1 unspecified atom stereocenters. The molecule has 0 bridgehead atoms. The molecule has 0 heterocycles. The van der Waals surface area contributed by atoms with E-state index in [-0.39, 0.29) is 6.54 Å². The smallest absolute Gasteiger partial charge is 0.188 e. The number of nitrogens with one attached hydrogen (secondary N) is 1. The summed E-state index contributed by atoms with van der Waals surface area (Å²) in [6, 6.07) is 9.49. The fourth-order valence-electron chi connectivity index (χ4n) is 1.58. The van der Waals surface area contributed by atoms with E-state index in [4.69, 9.17) is 5.73 Å². The summed E-state index contributed by atoms with van der Waals surface area (Å²) in [6.07, 6.45) is 2.17. The third-order valence-electron chi connectivity index (χ3n) is 2.79. The van der Waals surface area contributed by atoms with Crippen molar-refractivity contribution in [1.29, 1.82) is 0 Å². The highest BCUT2D eigenvalue weighted by atomic mass is 16.3. The van der Waals surface area contributed by atoms with Crippen molar-refractivity contribution in [2.45, 2.75) is 32.3 Å². The first-order valence-electron chi connectivity index (χ1n) is 6.38. The van der Waals surface area contributed by atoms with Crippen LogP contribution in [0.1, 0.15) is 32.3 Å². The SMILES string of the molecule is CCCCNC(N)=NCC(C)(O)c1ccccc1. The third-order valence-corrected chi connectivity index (χ3v) is 2.79. The van der Waals surface area contributed by atoms with Crippen LogP contribution in [-0.2, 0) is 5.60 Å². The lowest BCUT2D eigenvalue weighted by atomic mass is 9.96. The summed E-state index contributed by atoms with van der Waals surface area (Å²) < 4.78 is 0. The number of aliphatic hydroxyl groups is 1. The molecule has 1 aromatic rings. The van der Waals surface area contributed by atoms with Gasteiger partial charge in [0.2, 0.25) is 0 Å². The Morgan fingerprint density at radius 2 is 2.06 bits per heavy atom. The van der Waals surface area contributed by atoms with Crippen LogP contribution < -0.4 is 11.1 Å². The van der Waals surface area contributed by atoms with Crippen molar-refractivity contribution < 1.29 is 5.11 Å². The average Bonchev–Trinajstić information content (AvgIpc) is 2.38. The Morgan fingerprint density at radius 3 is 2.67 bits per heavy atom. The molecule has 0 fully saturated rings. The number of aliphatic imine (C=N–C) groups is 1. The Hall–Kier alpha value is -1.55. The molecule has 0 aliphatic heterocycles. The zero-order valence-corrected chi connectivity index (χ0v) is 11.2. The lowest BCUT2D eigenvalue weighted by Crippen LogP contribution is -2.35. The van der Waals surface area contributed by atoms with Gasteiger partial charge in [0.25, 0.3) is 0 Å². The van der Waals surface area contributed by atoms with Crippen LogP contribution in [0.15, 0.2) is 35.3 Å². The first kappa shape index (κ1) is 14.5. The van der Waals surface area contributed by atoms with Crippen molar-refractivity contribution in [3.8, 4) is 0 Å². The second-order valence-corrected chi connectivity index (χ2v) is 4.62. The number of unbranched alkanes of at least 4 members (excludes halogenated alkanes) is 1. The first-order chi connectivity index (χ1) is 8.56. The van der Waals surface area contributed by atoms with Gasteiger partial charge in [-0.3, -0.25) is 4.99 Å². The molecule has 0 saturated carbocycles. The number of hydrogen-bond acceptors (Lipinski definition) is 2. The van der Waals surface area contributed by atoms with Crippen molar-refractivity contribution in [3.05, 3.63) is 35.9 Å². The van der Waals surface area contributed by atoms with Crippen LogP contribution in [0, 0.1) is 0 Å². The standard InChI is InChI=1S/C14H23N3O/c1-3-4-10-16-13(15)17-11-14(2,18)12-8-6-5-7-9-12/h5-9,18H,3-4,10-11H2,1-2H3,(H3,15,16,17). The summed E-state index contributed by atoms with van der Waals surface area (Å²) >= 11 is 0. The van der Waals surface area contributed by atoms with Crippen LogP contribution >= 0.6 is 0 Å². The van der Waals surface area contributed by atoms with E-state index in [0.717, 1.165) is 24.9 Å². The Bertz CT molecular complexity index is 374. The molecule has 0 spiro atoms. The number of nitrogens with two attached hydrogens (primary N) is 1. The molecule has 0 radical (unpaired) electrons. The molecule has 0 saturated heterocycles. The van der Waals surface area contributed by atoms with E-state index < -0.39 is 5.60 Å². The van der Waals surface area contributed by atoms with E-state index in [1.54, 1.807) is 6.92 Å². The molecule has 4 nitrogen and oxygen atoms in total. The Morgan fingerprint density at radius 1 is 1.39 bits per heavy atom. The highest BCUT2D eigenvalue weighted by Gasteiger charge is 2.22. The summed E-state index contributed by atoms with van der Waals surface area (Å²) in [7, 11) is 0. The normalized spacial score (nSPS) is 15.2. The van der Waals surface area contributed by atoms with Gasteiger partial charge in [0.1, 0.15) is 5.60 Å². The summed E-state index contributed by atoms with van der Waals surface area (Å²) in [4.78, 5) is 4.18. The van der Waals surface area contributed by atoms with Gasteiger partial charge in [0, 0.05) is 6.54 Å². The van der Waals surface area contributed by atoms with E-state index in [1.807, 2.05) is 30.3 Å². The monoisotopic (exact) mass is 249 g/mol. The van der Waals surface area contributed by atoms with Crippen LogP contribution in [0.2, 0.25) is 0 Å². The van der Waals surface area contributed by atoms with Gasteiger partial charge >= 0.3 is 0 Å². The quantitative estimate of drug-likeness (QED) is 0.407. The summed E-state index contributed by atoms with van der Waals surface area (Å²) in [5.74, 6) is 0.389. The number of benzene rings is 1. The van der Waals surface area contributed by atoms with Gasteiger partial charge in [-0.1, -0.05) is 43.7 Å². The molecule has 1 atom stereocenters. The van der Waals surface area contributed by atoms with Gasteiger partial charge in [0.15, 0.2) is 5.96 Å². The predicted octanol–water partition coefficient (Wildman–Crippen LogP) is 1.60. The van der Waals surface area contributed by atoms with Crippen molar-refractivity contribution in [2.75, 3.05) is 13.1 Å². The zero-order valence-electron chi connectivity index (χ0n) is 11.2. The summed E-state index contributed by atoms with van der Waals surface area (Å²) in [5.41, 5.74) is 5.58. The fraction of sp³-hybridized carbons (Fsp3) is 0.500. The number of nitrogens with zero attached hydrogens (tertiary/aromatic N) is 1. The van der Waals surface area contributed by atoms with Crippen LogP contribution in [0.3, 0.4) is 0 Å². The molecule has 18 heavy (non-hydrogen) atoms. The third kappa shape index (κ3) is 4.75. The molecule has 4 heteroatoms. The van der Waals surface area contributed by atoms with Gasteiger partial charge in [-0.15, -0.1) is 0 Å². The van der Waals surface area contributed by atoms with Gasteiger partial charge in [0.05, 0.1) is 6.54 Å². The van der Waals surface area contributed by atoms with E-state index in [0.29, 0.717) is 5.96 Å². The number of guanidine groups is 1. The van der Waals surface area contributed by atoms with Crippen LogP contribution in [0.4, 0.5) is 0 Å². The molecule has 0 aliphatic carbocycles. The predicted molar refractivity (Wildman–Crippen MR) is 75.4 cm³/mol. The zero-order chi connectivity index (χ0) is 13.4. The highest BCUT2D eigenvalue weighted by molar-refractivity contribution is 5.77. The number of hydrogen-bond donors (Lipinski definition) is 3. The van der Waals surface area contributed by atoms with Gasteiger partial charge < -0.3 is 16.2 Å². The molecule has 0 aromatic heterocycles. The number of rotatable bonds is 6. The van der Waals surface area contributed by atoms with Crippen molar-refractivity contribution in [3.63, 3.8) is 0 Å². The molecule has 0 amide bonds. The van der Waals surface area contributed by atoms with Crippen LogP contribution in [-0.4, -0.2) is 24.2 Å². The maximum Gasteiger partial charge on any atom is 0.188 e. The van der Waals surface area contributed by atoms with Gasteiger partial charge in [-0.25, -0.2) is 0 Å². The Kier molecular flexibility index (Phi) is 5.65. The lowest BCUT2D eigenvalue weighted by Gasteiger charge is -2.21. The molecule has 4 N–H and O–H groups in total. The second-order valence-electron chi connectivity index (χ2n) is 4.62. The van der Waals surface area contributed by atoms with E-state index in [1.165, 1.54) is 0 Å². The summed E-state index contributed by atoms with van der Waals surface area (Å²) in [6.45, 7) is 4.93. The Labute approximate surface area is 109 Å². The minimum absolute atomic E-state index is 0.252. The maximum atomic E-state index is 10.3. The maximum absolute atomic E-state index is 10.3. The van der Waals surface area contributed by atoms with E-state index in [9.17, 15) is 5.11 Å². The van der Waals surface area contributed by atoms with Crippen molar-refractivity contribution >= 4 is 5.96 Å². The minimum Gasteiger partial charge on any atom is -0.384 e. The van der Waals surface area contributed by atoms with Crippen molar-refractivity contribution in [2.24, 2.45) is 10.7 Å². The van der Waals surface area contributed by atoms with E-state index in [2.05, 4.69) is 17.2 Å². The van der Waals surface area contributed by atoms with Crippen LogP contribution in [0.25, 0.3) is 0 Å². The first-order valence-corrected chi connectivity index (χ1v) is 6.38. The van der Waals surface area contributed by atoms with Gasteiger partial charge in [-0.05, 0) is 18.9 Å². The average molecular weight is 249 g/mol. The highest BCUT2D eigenvalue weighted by Crippen LogP contribution is 2.20. The Balaban J connectivity index is 2.53.